The summed E-state index contributed by atoms with van der Waals surface area (Å²) in [6.07, 6.45) is 2.16. The predicted octanol–water partition coefficient (Wildman–Crippen LogP) is 0.974. The topological polar surface area (TPSA) is 30.4 Å². The molecule has 0 aromatic carbocycles. The number of hydrogen-bond acceptors (Lipinski definition) is 2. The minimum Gasteiger partial charge on any atom is -0.366 e. The molecule has 1 aliphatic rings. The summed E-state index contributed by atoms with van der Waals surface area (Å²) in [5.41, 5.74) is 1.21. The highest BCUT2D eigenvalue weighted by Crippen LogP contribution is 2.28. The van der Waals surface area contributed by atoms with Gasteiger partial charge in [-0.2, -0.15) is 5.10 Å². The molecule has 1 aromatic rings. The van der Waals surface area contributed by atoms with Crippen LogP contribution in [0.2, 0.25) is 0 Å². The molecule has 0 bridgehead atoms. The number of rotatable bonds is 2. The van der Waals surface area contributed by atoms with Crippen molar-refractivity contribution in [3.63, 3.8) is 0 Å². The summed E-state index contributed by atoms with van der Waals surface area (Å²) in [4.78, 5) is 0. The summed E-state index contributed by atoms with van der Waals surface area (Å²) in [7, 11) is 0. The normalized spacial score (nSPS) is 23.1. The van der Waals surface area contributed by atoms with E-state index in [4.69, 9.17) is 4.74 Å². The second kappa shape index (κ2) is 2.09. The molecule has 0 N–H and O–H groups in total. The molecule has 1 fully saturated rings. The molecule has 10 heavy (non-hydrogen) atoms. The summed E-state index contributed by atoms with van der Waals surface area (Å²) >= 11 is 0. The quantitative estimate of drug-likeness (QED) is 0.570. The summed E-state index contributed by atoms with van der Waals surface area (Å²) in [6.45, 7) is 3.88. The first kappa shape index (κ1) is 5.92. The lowest BCUT2D eigenvalue weighted by Crippen LogP contribution is -2.00. The first-order valence-electron chi connectivity index (χ1n) is 3.55. The van der Waals surface area contributed by atoms with E-state index in [-0.39, 0.29) is 0 Å². The zero-order valence-electron chi connectivity index (χ0n) is 5.95. The van der Waals surface area contributed by atoms with Crippen LogP contribution in [0.25, 0.3) is 0 Å². The van der Waals surface area contributed by atoms with Crippen LogP contribution in [0.1, 0.15) is 18.7 Å². The van der Waals surface area contributed by atoms with Gasteiger partial charge in [-0.25, -0.2) is 0 Å². The fourth-order valence-electron chi connectivity index (χ4n) is 1.10. The van der Waals surface area contributed by atoms with Gasteiger partial charge >= 0.3 is 0 Å². The molecule has 1 aromatic heterocycles. The van der Waals surface area contributed by atoms with E-state index >= 15 is 0 Å². The molecule has 0 amide bonds. The fraction of sp³-hybridized carbons (Fsp3) is 0.571. The van der Waals surface area contributed by atoms with E-state index in [1.807, 2.05) is 16.9 Å². The predicted molar refractivity (Wildman–Crippen MR) is 36.6 cm³/mol. The van der Waals surface area contributed by atoms with Crippen molar-refractivity contribution in [2.45, 2.75) is 19.6 Å². The Hall–Kier alpha value is -0.830. The second-order valence-corrected chi connectivity index (χ2v) is 2.39. The lowest BCUT2D eigenvalue weighted by Gasteiger charge is -1.98. The van der Waals surface area contributed by atoms with Crippen LogP contribution < -0.4 is 0 Å². The molecule has 1 aliphatic heterocycles. The van der Waals surface area contributed by atoms with Gasteiger partial charge in [0.25, 0.3) is 0 Å². The van der Waals surface area contributed by atoms with Gasteiger partial charge in [0.1, 0.15) is 6.10 Å². The highest BCUT2D eigenvalue weighted by molar-refractivity contribution is 5.08. The van der Waals surface area contributed by atoms with Gasteiger partial charge in [-0.1, -0.05) is 0 Å². The van der Waals surface area contributed by atoms with Gasteiger partial charge in [-0.05, 0) is 13.0 Å². The van der Waals surface area contributed by atoms with Crippen molar-refractivity contribution in [2.75, 3.05) is 6.61 Å². The lowest BCUT2D eigenvalue weighted by atomic mass is 10.3. The minimum absolute atomic E-state index is 0.336. The Kier molecular flexibility index (Phi) is 1.24. The highest BCUT2D eigenvalue weighted by atomic mass is 16.6. The summed E-state index contributed by atoms with van der Waals surface area (Å²) in [5, 5.41) is 4.13. The number of epoxide rings is 1. The molecule has 0 spiro atoms. The Balaban J connectivity index is 2.28. The van der Waals surface area contributed by atoms with Gasteiger partial charge in [-0.15, -0.1) is 0 Å². The van der Waals surface area contributed by atoms with Gasteiger partial charge in [-0.3, -0.25) is 4.68 Å². The third-order valence-corrected chi connectivity index (χ3v) is 1.71. The zero-order valence-corrected chi connectivity index (χ0v) is 5.95. The molecular weight excluding hydrogens is 128 g/mol. The molecule has 1 saturated heterocycles. The van der Waals surface area contributed by atoms with E-state index in [1.165, 1.54) is 5.69 Å². The first-order chi connectivity index (χ1) is 4.92. The van der Waals surface area contributed by atoms with Crippen LogP contribution in [0.5, 0.6) is 0 Å². The van der Waals surface area contributed by atoms with Gasteiger partial charge < -0.3 is 4.74 Å². The smallest absolute Gasteiger partial charge is 0.123 e. The average Bonchev–Trinajstić information content (AvgIpc) is 2.69. The maximum absolute atomic E-state index is 5.13. The summed E-state index contributed by atoms with van der Waals surface area (Å²) < 4.78 is 7.10. The van der Waals surface area contributed by atoms with E-state index in [0.29, 0.717) is 6.10 Å². The first-order valence-corrected chi connectivity index (χ1v) is 3.55. The Morgan fingerprint density at radius 2 is 2.70 bits per heavy atom. The SMILES string of the molecule is CCn1nccc1[C@@H]1CO1. The van der Waals surface area contributed by atoms with E-state index in [9.17, 15) is 0 Å². The molecule has 0 radical (unpaired) electrons. The Labute approximate surface area is 59.6 Å². The second-order valence-electron chi connectivity index (χ2n) is 2.39. The molecular formula is C7H10N2O. The van der Waals surface area contributed by atoms with Gasteiger partial charge in [0.2, 0.25) is 0 Å². The van der Waals surface area contributed by atoms with E-state index < -0.39 is 0 Å². The number of ether oxygens (including phenoxy) is 1. The lowest BCUT2D eigenvalue weighted by molar-refractivity contribution is 0.400. The largest absolute Gasteiger partial charge is 0.366 e. The van der Waals surface area contributed by atoms with Crippen LogP contribution in [0.3, 0.4) is 0 Å². The van der Waals surface area contributed by atoms with Crippen LogP contribution in [-0.2, 0) is 11.3 Å². The van der Waals surface area contributed by atoms with Crippen LogP contribution in [0, 0.1) is 0 Å². The maximum atomic E-state index is 5.13. The van der Waals surface area contributed by atoms with Crippen molar-refractivity contribution in [1.82, 2.24) is 9.78 Å². The third-order valence-electron chi connectivity index (χ3n) is 1.71. The number of aryl methyl sites for hydroxylation is 1. The van der Waals surface area contributed by atoms with E-state index in [0.717, 1.165) is 13.2 Å². The van der Waals surface area contributed by atoms with Crippen molar-refractivity contribution >= 4 is 0 Å². The molecule has 3 heteroatoms. The van der Waals surface area contributed by atoms with Crippen LogP contribution >= 0.6 is 0 Å². The van der Waals surface area contributed by atoms with Gasteiger partial charge in [0, 0.05) is 12.7 Å². The van der Waals surface area contributed by atoms with Crippen molar-refractivity contribution in [3.8, 4) is 0 Å². The monoisotopic (exact) mass is 138 g/mol. The molecule has 0 aliphatic carbocycles. The van der Waals surface area contributed by atoms with E-state index in [2.05, 4.69) is 12.0 Å². The molecule has 1 atom stereocenters. The molecule has 2 heterocycles. The Morgan fingerprint density at radius 1 is 1.90 bits per heavy atom. The van der Waals surface area contributed by atoms with Crippen LogP contribution in [0.4, 0.5) is 0 Å². The van der Waals surface area contributed by atoms with Crippen molar-refractivity contribution < 1.29 is 4.74 Å². The Bertz CT molecular complexity index is 227. The van der Waals surface area contributed by atoms with Crippen molar-refractivity contribution in [2.24, 2.45) is 0 Å². The van der Waals surface area contributed by atoms with Crippen molar-refractivity contribution in [1.29, 1.82) is 0 Å². The molecule has 0 saturated carbocycles. The summed E-state index contributed by atoms with van der Waals surface area (Å²) in [5.74, 6) is 0. The highest BCUT2D eigenvalue weighted by Gasteiger charge is 2.27. The van der Waals surface area contributed by atoms with E-state index in [1.54, 1.807) is 0 Å². The Morgan fingerprint density at radius 3 is 3.30 bits per heavy atom. The fourth-order valence-corrected chi connectivity index (χ4v) is 1.10. The van der Waals surface area contributed by atoms with Gasteiger partial charge in [0.05, 0.1) is 12.3 Å². The van der Waals surface area contributed by atoms with Crippen molar-refractivity contribution in [3.05, 3.63) is 18.0 Å². The number of nitrogens with zero attached hydrogens (tertiary/aromatic N) is 2. The minimum atomic E-state index is 0.336. The molecule has 2 rings (SSSR count). The zero-order chi connectivity index (χ0) is 6.97. The van der Waals surface area contributed by atoms with Crippen LogP contribution in [0.15, 0.2) is 12.3 Å². The summed E-state index contributed by atoms with van der Waals surface area (Å²) in [6, 6.07) is 2.02. The van der Waals surface area contributed by atoms with Crippen LogP contribution in [-0.4, -0.2) is 16.4 Å². The van der Waals surface area contributed by atoms with Gasteiger partial charge in [0.15, 0.2) is 0 Å². The third kappa shape index (κ3) is 0.827. The number of hydrogen-bond donors (Lipinski definition) is 0. The molecule has 3 nitrogen and oxygen atoms in total. The number of aromatic nitrogens is 2. The maximum Gasteiger partial charge on any atom is 0.123 e. The average molecular weight is 138 g/mol. The molecule has 0 unspecified atom stereocenters. The molecule has 54 valence electrons. The standard InChI is InChI=1S/C7H10N2O/c1-2-9-6(3-4-8-9)7-5-10-7/h3-4,7H,2,5H2,1H3/t7-/m0/s1.